The van der Waals surface area contributed by atoms with Crippen molar-refractivity contribution in [3.63, 3.8) is 0 Å². The van der Waals surface area contributed by atoms with E-state index in [-0.39, 0.29) is 12.5 Å². The maximum Gasteiger partial charge on any atom is 0.340 e. The van der Waals surface area contributed by atoms with Gasteiger partial charge in [0.05, 0.1) is 29.0 Å². The topological polar surface area (TPSA) is 71.9 Å². The van der Waals surface area contributed by atoms with Crippen LogP contribution in [-0.2, 0) is 16.0 Å². The minimum Gasteiger partial charge on any atom is -0.452 e. The van der Waals surface area contributed by atoms with Crippen molar-refractivity contribution in [2.45, 2.75) is 26.7 Å². The lowest BCUT2D eigenvalue weighted by Crippen LogP contribution is -2.29. The highest BCUT2D eigenvalue weighted by atomic mass is 16.5. The SMILES string of the molecule is CCc1nc2ccccc2c(C)c1C(=O)OCC(=O)N1CCC(c2ccccc2)=N1. The van der Waals surface area contributed by atoms with Crippen LogP contribution >= 0.6 is 0 Å². The molecule has 2 aromatic carbocycles. The number of amides is 1. The maximum atomic E-state index is 12.8. The van der Waals surface area contributed by atoms with Gasteiger partial charge in [0.15, 0.2) is 6.61 Å². The van der Waals surface area contributed by atoms with E-state index < -0.39 is 5.97 Å². The first-order valence-corrected chi connectivity index (χ1v) is 10.1. The Balaban J connectivity index is 1.48. The average molecular weight is 401 g/mol. The van der Waals surface area contributed by atoms with Crippen molar-refractivity contribution in [3.05, 3.63) is 77.0 Å². The summed E-state index contributed by atoms with van der Waals surface area (Å²) < 4.78 is 5.38. The number of benzene rings is 2. The standard InChI is InChI=1S/C24H23N3O3/c1-3-19-23(16(2)18-11-7-8-12-21(18)25-19)24(29)30-15-22(28)27-14-13-20(26-27)17-9-5-4-6-10-17/h4-12H,3,13-15H2,1-2H3. The first kappa shape index (κ1) is 19.8. The number of carbonyl (C=O) groups excluding carboxylic acids is 2. The number of aryl methyl sites for hydroxylation is 2. The first-order chi connectivity index (χ1) is 14.6. The van der Waals surface area contributed by atoms with Crippen LogP contribution in [-0.4, -0.2) is 40.7 Å². The van der Waals surface area contributed by atoms with Gasteiger partial charge < -0.3 is 4.74 Å². The third kappa shape index (κ3) is 3.81. The van der Waals surface area contributed by atoms with Gasteiger partial charge in [0.2, 0.25) is 0 Å². The molecule has 6 nitrogen and oxygen atoms in total. The Morgan fingerprint density at radius 2 is 1.80 bits per heavy atom. The molecule has 0 radical (unpaired) electrons. The van der Waals surface area contributed by atoms with E-state index in [1.54, 1.807) is 0 Å². The van der Waals surface area contributed by atoms with Crippen LogP contribution in [0, 0.1) is 6.92 Å². The van der Waals surface area contributed by atoms with Crippen LogP contribution in [0.25, 0.3) is 10.9 Å². The fourth-order valence-electron chi connectivity index (χ4n) is 3.71. The van der Waals surface area contributed by atoms with Crippen molar-refractivity contribution in [1.29, 1.82) is 0 Å². The van der Waals surface area contributed by atoms with Crippen LogP contribution in [0.4, 0.5) is 0 Å². The van der Waals surface area contributed by atoms with Gasteiger partial charge in [-0.05, 0) is 30.5 Å². The predicted octanol–water partition coefficient (Wildman–Crippen LogP) is 3.90. The number of ether oxygens (including phenoxy) is 1. The van der Waals surface area contributed by atoms with E-state index in [9.17, 15) is 9.59 Å². The number of carbonyl (C=O) groups is 2. The summed E-state index contributed by atoms with van der Waals surface area (Å²) in [5.41, 5.74) is 4.64. The summed E-state index contributed by atoms with van der Waals surface area (Å²) in [5.74, 6) is -0.860. The second kappa shape index (κ2) is 8.45. The molecule has 0 saturated heterocycles. The second-order valence-corrected chi connectivity index (χ2v) is 7.18. The molecular weight excluding hydrogens is 378 g/mol. The molecule has 30 heavy (non-hydrogen) atoms. The highest BCUT2D eigenvalue weighted by Gasteiger charge is 2.24. The lowest BCUT2D eigenvalue weighted by Gasteiger charge is -2.15. The molecule has 0 aliphatic carbocycles. The highest BCUT2D eigenvalue weighted by Crippen LogP contribution is 2.24. The number of aromatic nitrogens is 1. The normalized spacial score (nSPS) is 13.4. The van der Waals surface area contributed by atoms with Gasteiger partial charge in [-0.15, -0.1) is 0 Å². The molecule has 0 bridgehead atoms. The van der Waals surface area contributed by atoms with Crippen LogP contribution in [0.2, 0.25) is 0 Å². The van der Waals surface area contributed by atoms with Gasteiger partial charge in [-0.25, -0.2) is 9.80 Å². The number of pyridine rings is 1. The third-order valence-electron chi connectivity index (χ3n) is 5.29. The van der Waals surface area contributed by atoms with Crippen LogP contribution in [0.1, 0.15) is 40.5 Å². The molecule has 0 saturated carbocycles. The van der Waals surface area contributed by atoms with E-state index in [1.165, 1.54) is 5.01 Å². The van der Waals surface area contributed by atoms with Gasteiger partial charge in [-0.2, -0.15) is 5.10 Å². The van der Waals surface area contributed by atoms with Crippen molar-refractivity contribution in [1.82, 2.24) is 9.99 Å². The number of fused-ring (bicyclic) bond motifs is 1. The lowest BCUT2D eigenvalue weighted by molar-refractivity contribution is -0.134. The molecule has 0 fully saturated rings. The molecule has 3 aromatic rings. The predicted molar refractivity (Wildman–Crippen MR) is 115 cm³/mol. The van der Waals surface area contributed by atoms with E-state index >= 15 is 0 Å². The van der Waals surface area contributed by atoms with E-state index in [0.717, 1.165) is 27.7 Å². The molecule has 0 N–H and O–H groups in total. The number of para-hydroxylation sites is 1. The molecule has 0 unspecified atom stereocenters. The Bertz CT molecular complexity index is 1140. The van der Waals surface area contributed by atoms with Crippen molar-refractivity contribution in [2.75, 3.05) is 13.2 Å². The van der Waals surface area contributed by atoms with Gasteiger partial charge in [0.1, 0.15) is 0 Å². The summed E-state index contributed by atoms with van der Waals surface area (Å²) in [6.07, 6.45) is 1.28. The van der Waals surface area contributed by atoms with Gasteiger partial charge in [-0.1, -0.05) is 55.5 Å². The molecule has 4 rings (SSSR count). The average Bonchev–Trinajstić information content (AvgIpc) is 3.28. The third-order valence-corrected chi connectivity index (χ3v) is 5.29. The zero-order chi connectivity index (χ0) is 21.1. The smallest absolute Gasteiger partial charge is 0.340 e. The molecule has 0 atom stereocenters. The number of hydrazone groups is 1. The van der Waals surface area contributed by atoms with E-state index in [4.69, 9.17) is 4.74 Å². The number of nitrogens with zero attached hydrogens (tertiary/aromatic N) is 3. The first-order valence-electron chi connectivity index (χ1n) is 10.1. The molecule has 0 spiro atoms. The number of hydrogen-bond donors (Lipinski definition) is 0. The fraction of sp³-hybridized carbons (Fsp3) is 0.250. The van der Waals surface area contributed by atoms with E-state index in [0.29, 0.717) is 30.6 Å². The molecule has 2 heterocycles. The van der Waals surface area contributed by atoms with Crippen LogP contribution in [0.15, 0.2) is 59.7 Å². The Labute approximate surface area is 175 Å². The second-order valence-electron chi connectivity index (χ2n) is 7.18. The largest absolute Gasteiger partial charge is 0.452 e. The molecule has 1 aliphatic rings. The summed E-state index contributed by atoms with van der Waals surface area (Å²) in [4.78, 5) is 30.0. The van der Waals surface area contributed by atoms with Gasteiger partial charge in [-0.3, -0.25) is 9.78 Å². The van der Waals surface area contributed by atoms with E-state index in [2.05, 4.69) is 10.1 Å². The molecule has 1 amide bonds. The van der Waals surface area contributed by atoms with Crippen molar-refractivity contribution in [2.24, 2.45) is 5.10 Å². The zero-order valence-electron chi connectivity index (χ0n) is 17.1. The fourth-order valence-corrected chi connectivity index (χ4v) is 3.71. The molecular formula is C24H23N3O3. The minimum absolute atomic E-state index is 0.335. The summed E-state index contributed by atoms with van der Waals surface area (Å²) in [5, 5.41) is 6.68. The summed E-state index contributed by atoms with van der Waals surface area (Å²) in [7, 11) is 0. The Morgan fingerprint density at radius 3 is 2.57 bits per heavy atom. The Hall–Kier alpha value is -3.54. The van der Waals surface area contributed by atoms with Gasteiger partial charge in [0.25, 0.3) is 5.91 Å². The van der Waals surface area contributed by atoms with Crippen molar-refractivity contribution < 1.29 is 14.3 Å². The summed E-state index contributed by atoms with van der Waals surface area (Å²) in [6, 6.07) is 17.4. The van der Waals surface area contributed by atoms with Gasteiger partial charge >= 0.3 is 5.97 Å². The van der Waals surface area contributed by atoms with Crippen LogP contribution < -0.4 is 0 Å². The number of esters is 1. The summed E-state index contributed by atoms with van der Waals surface area (Å²) >= 11 is 0. The Morgan fingerprint density at radius 1 is 1.07 bits per heavy atom. The number of hydrogen-bond acceptors (Lipinski definition) is 5. The molecule has 6 heteroatoms. The van der Waals surface area contributed by atoms with Crippen LogP contribution in [0.5, 0.6) is 0 Å². The van der Waals surface area contributed by atoms with Gasteiger partial charge in [0, 0.05) is 11.8 Å². The van der Waals surface area contributed by atoms with Crippen LogP contribution in [0.3, 0.4) is 0 Å². The molecule has 1 aliphatic heterocycles. The zero-order valence-corrected chi connectivity index (χ0v) is 17.1. The maximum absolute atomic E-state index is 12.8. The van der Waals surface area contributed by atoms with E-state index in [1.807, 2.05) is 68.4 Å². The highest BCUT2D eigenvalue weighted by molar-refractivity contribution is 6.03. The lowest BCUT2D eigenvalue weighted by atomic mass is 10.0. The molecule has 1 aromatic heterocycles. The minimum atomic E-state index is -0.526. The van der Waals surface area contributed by atoms with Crippen molar-refractivity contribution in [3.8, 4) is 0 Å². The monoisotopic (exact) mass is 401 g/mol. The number of rotatable bonds is 5. The molecule has 152 valence electrons. The quantitative estimate of drug-likeness (QED) is 0.608. The Kier molecular flexibility index (Phi) is 5.57. The van der Waals surface area contributed by atoms with Crippen molar-refractivity contribution >= 4 is 28.5 Å². The summed E-state index contributed by atoms with van der Waals surface area (Å²) in [6.45, 7) is 3.97.